The quantitative estimate of drug-likeness (QED) is 0.215. The highest BCUT2D eigenvalue weighted by Gasteiger charge is 2.52. The third kappa shape index (κ3) is 9.35. The van der Waals surface area contributed by atoms with Crippen LogP contribution in [0.15, 0.2) is 0 Å². The maximum absolute atomic E-state index is 14.7. The first kappa shape index (κ1) is 42.5. The average molecular weight is 765 g/mol. The van der Waals surface area contributed by atoms with Crippen LogP contribution in [-0.2, 0) is 53.4 Å². The molecule has 0 bridgehead atoms. The molecule has 2 aliphatic heterocycles. The minimum absolute atomic E-state index is 0.0416. The van der Waals surface area contributed by atoms with E-state index in [2.05, 4.69) is 14.9 Å². The number of amides is 2. The van der Waals surface area contributed by atoms with Crippen molar-refractivity contribution in [3.63, 3.8) is 0 Å². The van der Waals surface area contributed by atoms with Crippen LogP contribution in [0.25, 0.3) is 0 Å². The summed E-state index contributed by atoms with van der Waals surface area (Å²) in [6.07, 6.45) is -1.61. The van der Waals surface area contributed by atoms with Crippen molar-refractivity contribution in [2.24, 2.45) is 0 Å². The minimum atomic E-state index is -4.20. The fourth-order valence-corrected chi connectivity index (χ4v) is 5.01. The van der Waals surface area contributed by atoms with Crippen molar-refractivity contribution in [2.75, 3.05) is 49.3 Å². The highest BCUT2D eigenvalue weighted by molar-refractivity contribution is 6.03. The Balaban J connectivity index is 0.000000287. The number of carbonyl (C=O) groups is 5. The van der Waals surface area contributed by atoms with Gasteiger partial charge >= 0.3 is 41.9 Å². The molecule has 0 spiro atoms. The van der Waals surface area contributed by atoms with Gasteiger partial charge in [0.05, 0.1) is 46.0 Å². The first-order valence-corrected chi connectivity index (χ1v) is 16.6. The van der Waals surface area contributed by atoms with E-state index in [1.807, 2.05) is 0 Å². The summed E-state index contributed by atoms with van der Waals surface area (Å²) < 4.78 is 84.2. The lowest BCUT2D eigenvalue weighted by Gasteiger charge is -2.24. The minimum Gasteiger partial charge on any atom is -0.462 e. The van der Waals surface area contributed by atoms with Crippen molar-refractivity contribution in [3.05, 3.63) is 22.5 Å². The Morgan fingerprint density at radius 2 is 1.02 bits per heavy atom. The molecule has 0 aliphatic carbocycles. The zero-order chi connectivity index (χ0) is 40.3. The van der Waals surface area contributed by atoms with Crippen LogP contribution >= 0.6 is 0 Å². The number of halogens is 4. The number of alkyl halides is 4. The number of aliphatic hydroxyl groups is 1. The van der Waals surface area contributed by atoms with E-state index in [0.717, 1.165) is 19.2 Å². The predicted molar refractivity (Wildman–Crippen MR) is 175 cm³/mol. The lowest BCUT2D eigenvalue weighted by Crippen LogP contribution is -2.37. The Bertz CT molecular complexity index is 1710. The van der Waals surface area contributed by atoms with E-state index in [1.54, 1.807) is 41.5 Å². The number of hydrogen-bond acceptors (Lipinski definition) is 13. The second-order valence-corrected chi connectivity index (χ2v) is 13.4. The highest BCUT2D eigenvalue weighted by Crippen LogP contribution is 2.40. The van der Waals surface area contributed by atoms with Crippen LogP contribution in [0.5, 0.6) is 0 Å². The SMILES string of the molecule is CCOC(=O)c1c(C(F)(F)C(=O)OCC)nn2c1N(C(=O)OC(C)(C)C)CC2.CCOC(=O)c1c(C(F)(F)CO)nn2c1N(C(=O)OC(C)(C)C)CC2. The van der Waals surface area contributed by atoms with Gasteiger partial charge in [-0.25, -0.2) is 33.3 Å². The lowest BCUT2D eigenvalue weighted by molar-refractivity contribution is -0.173. The van der Waals surface area contributed by atoms with Gasteiger partial charge in [-0.05, 0) is 62.3 Å². The van der Waals surface area contributed by atoms with Crippen molar-refractivity contribution >= 4 is 41.7 Å². The average Bonchev–Trinajstić information content (AvgIpc) is 3.80. The first-order valence-electron chi connectivity index (χ1n) is 16.6. The van der Waals surface area contributed by atoms with Crippen molar-refractivity contribution in [2.45, 2.75) is 98.5 Å². The number of esters is 3. The molecule has 2 aliphatic rings. The molecule has 0 unspecified atom stereocenters. The summed E-state index contributed by atoms with van der Waals surface area (Å²) in [6, 6.07) is 0. The third-order valence-electron chi connectivity index (χ3n) is 6.99. The van der Waals surface area contributed by atoms with Gasteiger partial charge in [0.2, 0.25) is 0 Å². The van der Waals surface area contributed by atoms with Crippen LogP contribution in [-0.4, -0.2) is 105 Å². The van der Waals surface area contributed by atoms with E-state index in [-0.39, 0.29) is 57.6 Å². The number of ether oxygens (including phenoxy) is 5. The molecule has 0 fully saturated rings. The van der Waals surface area contributed by atoms with Gasteiger partial charge in [-0.1, -0.05) is 0 Å². The fraction of sp³-hybridized carbons (Fsp3) is 0.656. The van der Waals surface area contributed by atoms with Crippen molar-refractivity contribution in [3.8, 4) is 0 Å². The molecule has 4 rings (SSSR count). The number of hydrogen-bond donors (Lipinski definition) is 1. The van der Waals surface area contributed by atoms with Gasteiger partial charge in [0.15, 0.2) is 23.0 Å². The number of fused-ring (bicyclic) bond motifs is 2. The van der Waals surface area contributed by atoms with Gasteiger partial charge in [0.1, 0.15) is 28.9 Å². The molecule has 53 heavy (non-hydrogen) atoms. The molecule has 1 N–H and O–H groups in total. The second-order valence-electron chi connectivity index (χ2n) is 13.4. The highest BCUT2D eigenvalue weighted by atomic mass is 19.3. The number of aliphatic hydroxyl groups excluding tert-OH is 1. The first-order chi connectivity index (χ1) is 24.4. The normalized spacial score (nSPS) is 14.2. The van der Waals surface area contributed by atoms with Crippen molar-refractivity contribution < 1.29 is 70.3 Å². The second kappa shape index (κ2) is 16.0. The van der Waals surface area contributed by atoms with Crippen LogP contribution in [0.4, 0.5) is 38.8 Å². The van der Waals surface area contributed by atoms with Crippen molar-refractivity contribution in [1.82, 2.24) is 19.6 Å². The van der Waals surface area contributed by atoms with E-state index >= 15 is 0 Å². The van der Waals surface area contributed by atoms with E-state index < -0.39 is 82.3 Å². The van der Waals surface area contributed by atoms with Crippen LogP contribution in [0, 0.1) is 0 Å². The maximum atomic E-state index is 14.7. The van der Waals surface area contributed by atoms with Gasteiger partial charge in [-0.3, -0.25) is 9.80 Å². The standard InChI is InChI=1S/C17H23F2N3O6.C15H21F2N3O5/c1-6-26-13(23)10-11(17(18,19)14(24)27-7-2)20-22-9-8-21(12(10)22)15(25)28-16(3,4)5;1-5-24-12(22)9-10(15(16,17)8-21)18-20-7-6-19(11(9)20)13(23)25-14(2,3)4/h6-9H2,1-5H3;21H,5-8H2,1-4H3. The van der Waals surface area contributed by atoms with Crippen molar-refractivity contribution in [1.29, 1.82) is 0 Å². The molecule has 2 amide bonds. The Morgan fingerprint density at radius 3 is 1.38 bits per heavy atom. The van der Waals surface area contributed by atoms with Gasteiger partial charge in [-0.2, -0.15) is 27.8 Å². The fourth-order valence-electron chi connectivity index (χ4n) is 5.01. The van der Waals surface area contributed by atoms with Crippen LogP contribution in [0.1, 0.15) is 94.4 Å². The van der Waals surface area contributed by atoms with Gasteiger partial charge < -0.3 is 28.8 Å². The molecule has 0 saturated carbocycles. The lowest BCUT2D eigenvalue weighted by atomic mass is 10.1. The van der Waals surface area contributed by atoms with E-state index in [0.29, 0.717) is 0 Å². The number of aromatic nitrogens is 4. The summed E-state index contributed by atoms with van der Waals surface area (Å²) in [5, 5.41) is 16.4. The molecular weight excluding hydrogens is 720 g/mol. The predicted octanol–water partition coefficient (Wildman–Crippen LogP) is 4.37. The maximum Gasteiger partial charge on any atom is 0.416 e. The largest absolute Gasteiger partial charge is 0.462 e. The smallest absolute Gasteiger partial charge is 0.416 e. The summed E-state index contributed by atoms with van der Waals surface area (Å²) in [7, 11) is 0. The Morgan fingerprint density at radius 1 is 0.642 bits per heavy atom. The van der Waals surface area contributed by atoms with Gasteiger partial charge in [0.25, 0.3) is 0 Å². The Labute approximate surface area is 302 Å². The molecule has 296 valence electrons. The van der Waals surface area contributed by atoms with Crippen LogP contribution in [0.3, 0.4) is 0 Å². The van der Waals surface area contributed by atoms with E-state index in [9.17, 15) is 41.5 Å². The van der Waals surface area contributed by atoms with Gasteiger partial charge in [0, 0.05) is 0 Å². The Hall–Kier alpha value is -4.95. The number of anilines is 2. The molecule has 4 heterocycles. The molecule has 21 heteroatoms. The number of nitrogens with zero attached hydrogens (tertiary/aromatic N) is 6. The molecule has 0 aromatic carbocycles. The van der Waals surface area contributed by atoms with Crippen LogP contribution in [0.2, 0.25) is 0 Å². The number of carbonyl (C=O) groups excluding carboxylic acids is 5. The molecule has 0 saturated heterocycles. The van der Waals surface area contributed by atoms with Gasteiger partial charge in [-0.15, -0.1) is 0 Å². The zero-order valence-corrected chi connectivity index (χ0v) is 30.9. The summed E-state index contributed by atoms with van der Waals surface area (Å²) in [5.41, 5.74) is -4.88. The summed E-state index contributed by atoms with van der Waals surface area (Å²) in [4.78, 5) is 63.3. The van der Waals surface area contributed by atoms with Crippen LogP contribution < -0.4 is 9.80 Å². The monoisotopic (exact) mass is 764 g/mol. The molecule has 17 nitrogen and oxygen atoms in total. The third-order valence-corrected chi connectivity index (χ3v) is 6.99. The molecule has 0 radical (unpaired) electrons. The zero-order valence-electron chi connectivity index (χ0n) is 30.9. The summed E-state index contributed by atoms with van der Waals surface area (Å²) in [6.45, 7) is 12.7. The van der Waals surface area contributed by atoms with E-state index in [4.69, 9.17) is 24.1 Å². The molecule has 0 atom stereocenters. The Kier molecular flexibility index (Phi) is 12.8. The van der Waals surface area contributed by atoms with E-state index in [1.165, 1.54) is 20.8 Å². The molecular formula is C32H44F4N6O11. The number of rotatable bonds is 9. The summed E-state index contributed by atoms with van der Waals surface area (Å²) in [5.74, 6) is -12.3. The molecule has 2 aromatic rings. The topological polar surface area (TPSA) is 194 Å². The molecule has 2 aromatic heterocycles. The summed E-state index contributed by atoms with van der Waals surface area (Å²) >= 11 is 0.